The Kier molecular flexibility index (Phi) is 4.25. The van der Waals surface area contributed by atoms with E-state index in [0.717, 1.165) is 22.3 Å². The van der Waals surface area contributed by atoms with Crippen molar-refractivity contribution in [3.63, 3.8) is 0 Å². The van der Waals surface area contributed by atoms with Gasteiger partial charge in [0.15, 0.2) is 0 Å². The van der Waals surface area contributed by atoms with Gasteiger partial charge in [-0.15, -0.1) is 10.2 Å². The maximum absolute atomic E-state index is 13.3. The first-order chi connectivity index (χ1) is 13.0. The third kappa shape index (κ3) is 3.00. The zero-order chi connectivity index (χ0) is 19.0. The van der Waals surface area contributed by atoms with Gasteiger partial charge in [-0.2, -0.15) is 5.26 Å². The van der Waals surface area contributed by atoms with E-state index < -0.39 is 5.41 Å². The minimum absolute atomic E-state index is 0.0829. The Balaban J connectivity index is 1.83. The highest BCUT2D eigenvalue weighted by atomic mass is 32.1. The van der Waals surface area contributed by atoms with E-state index in [1.165, 1.54) is 11.3 Å². The van der Waals surface area contributed by atoms with E-state index in [-0.39, 0.29) is 11.8 Å². The highest BCUT2D eigenvalue weighted by Gasteiger charge is 2.49. The number of nitrogens with zero attached hydrogens (tertiary/aromatic N) is 3. The van der Waals surface area contributed by atoms with Gasteiger partial charge in [0, 0.05) is 5.92 Å². The predicted octanol–water partition coefficient (Wildman–Crippen LogP) is 4.05. The van der Waals surface area contributed by atoms with Gasteiger partial charge in [0.2, 0.25) is 11.0 Å². The van der Waals surface area contributed by atoms with Crippen LogP contribution in [-0.2, 0) is 11.2 Å². The molecule has 1 aliphatic rings. The monoisotopic (exact) mass is 374 g/mol. The number of carbonyl (C=O) groups is 1. The Hall–Kier alpha value is -3.04. The zero-order valence-electron chi connectivity index (χ0n) is 15.1. The molecule has 3 aromatic rings. The Labute approximate surface area is 161 Å². The van der Waals surface area contributed by atoms with Crippen LogP contribution in [0.3, 0.4) is 0 Å². The fraction of sp³-hybridized carbons (Fsp3) is 0.238. The van der Waals surface area contributed by atoms with Crippen molar-refractivity contribution < 1.29 is 4.79 Å². The van der Waals surface area contributed by atoms with Gasteiger partial charge in [-0.05, 0) is 49.1 Å². The van der Waals surface area contributed by atoms with Crippen LogP contribution < -0.4 is 5.32 Å². The van der Waals surface area contributed by atoms with Crippen molar-refractivity contribution in [2.45, 2.75) is 26.2 Å². The number of nitrogens with one attached hydrogen (secondary N) is 1. The highest BCUT2D eigenvalue weighted by Crippen LogP contribution is 2.51. The van der Waals surface area contributed by atoms with Crippen LogP contribution >= 0.6 is 11.3 Å². The summed E-state index contributed by atoms with van der Waals surface area (Å²) >= 11 is 1.30. The second-order valence-corrected chi connectivity index (χ2v) is 8.00. The number of rotatable bonds is 3. The van der Waals surface area contributed by atoms with Crippen molar-refractivity contribution in [1.82, 2.24) is 10.2 Å². The third-order valence-corrected chi connectivity index (χ3v) is 5.86. The van der Waals surface area contributed by atoms with E-state index in [2.05, 4.69) is 33.7 Å². The van der Waals surface area contributed by atoms with E-state index in [0.29, 0.717) is 17.1 Å². The SMILES string of the molecule is Cc1cccc([C@@H]2c3cc(C#N)ccc3C[C@]2(C)C(=O)Nc2nncs2)c1. The van der Waals surface area contributed by atoms with E-state index in [1.54, 1.807) is 5.51 Å². The molecule has 1 aromatic heterocycles. The van der Waals surface area contributed by atoms with E-state index >= 15 is 0 Å². The van der Waals surface area contributed by atoms with E-state index in [4.69, 9.17) is 0 Å². The van der Waals surface area contributed by atoms with Crippen LogP contribution in [0.5, 0.6) is 0 Å². The summed E-state index contributed by atoms with van der Waals surface area (Å²) < 4.78 is 0. The molecule has 1 heterocycles. The molecule has 1 amide bonds. The van der Waals surface area contributed by atoms with Crippen LogP contribution in [0.4, 0.5) is 5.13 Å². The topological polar surface area (TPSA) is 78.7 Å². The second kappa shape index (κ2) is 6.60. The molecule has 1 N–H and O–H groups in total. The van der Waals surface area contributed by atoms with Gasteiger partial charge in [-0.3, -0.25) is 4.79 Å². The number of aromatic nitrogens is 2. The smallest absolute Gasteiger partial charge is 0.233 e. The van der Waals surface area contributed by atoms with Gasteiger partial charge in [-0.1, -0.05) is 47.2 Å². The maximum atomic E-state index is 13.3. The average Bonchev–Trinajstić information content (AvgIpc) is 3.26. The molecule has 6 heteroatoms. The van der Waals surface area contributed by atoms with Gasteiger partial charge in [0.05, 0.1) is 17.0 Å². The van der Waals surface area contributed by atoms with Crippen LogP contribution in [0.1, 0.15) is 40.7 Å². The van der Waals surface area contributed by atoms with Gasteiger partial charge < -0.3 is 5.32 Å². The molecule has 2 aromatic carbocycles. The Morgan fingerprint density at radius 2 is 2.19 bits per heavy atom. The van der Waals surface area contributed by atoms with Crippen molar-refractivity contribution in [2.75, 3.05) is 5.32 Å². The maximum Gasteiger partial charge on any atom is 0.233 e. The summed E-state index contributed by atoms with van der Waals surface area (Å²) in [7, 11) is 0. The van der Waals surface area contributed by atoms with Crippen LogP contribution in [0.15, 0.2) is 48.0 Å². The summed E-state index contributed by atoms with van der Waals surface area (Å²) in [5.41, 5.74) is 5.90. The first-order valence-corrected chi connectivity index (χ1v) is 9.56. The number of hydrogen-bond donors (Lipinski definition) is 1. The lowest BCUT2D eigenvalue weighted by Gasteiger charge is -2.31. The molecule has 0 unspecified atom stereocenters. The van der Waals surface area contributed by atoms with Gasteiger partial charge in [0.25, 0.3) is 0 Å². The van der Waals surface area contributed by atoms with E-state index in [9.17, 15) is 10.1 Å². The molecule has 0 aliphatic heterocycles. The predicted molar refractivity (Wildman–Crippen MR) is 105 cm³/mol. The largest absolute Gasteiger partial charge is 0.300 e. The normalized spacial score (nSPS) is 20.7. The molecule has 1 aliphatic carbocycles. The minimum Gasteiger partial charge on any atom is -0.300 e. The molecule has 0 spiro atoms. The molecule has 134 valence electrons. The standard InChI is InChI=1S/C21H18N4OS/c1-13-4-3-5-15(8-13)18-17-9-14(11-22)6-7-16(17)10-21(18,2)19(26)24-20-25-23-12-27-20/h3-9,12,18H,10H2,1-2H3,(H,24,25,26)/t18-,21+/m1/s1. The molecule has 0 bridgehead atoms. The van der Waals surface area contributed by atoms with Crippen LogP contribution in [-0.4, -0.2) is 16.1 Å². The summed E-state index contributed by atoms with van der Waals surface area (Å²) in [5.74, 6) is -0.214. The first kappa shape index (κ1) is 17.4. The average molecular weight is 374 g/mol. The third-order valence-electron chi connectivity index (χ3n) is 5.26. The van der Waals surface area contributed by atoms with Gasteiger partial charge >= 0.3 is 0 Å². The number of benzene rings is 2. The number of carbonyl (C=O) groups excluding carboxylic acids is 1. The molecule has 0 saturated carbocycles. The summed E-state index contributed by atoms with van der Waals surface area (Å²) in [4.78, 5) is 13.3. The molecule has 4 rings (SSSR count). The fourth-order valence-corrected chi connectivity index (χ4v) is 4.45. The summed E-state index contributed by atoms with van der Waals surface area (Å²) in [6, 6.07) is 16.2. The molecule has 27 heavy (non-hydrogen) atoms. The second-order valence-electron chi connectivity index (χ2n) is 7.16. The summed E-state index contributed by atoms with van der Waals surface area (Å²) in [6.45, 7) is 4.03. The fourth-order valence-electron chi connectivity index (χ4n) is 4.01. The lowest BCUT2D eigenvalue weighted by atomic mass is 9.73. The number of amides is 1. The van der Waals surface area contributed by atoms with Gasteiger partial charge in [0.1, 0.15) is 5.51 Å². The molecular weight excluding hydrogens is 356 g/mol. The van der Waals surface area contributed by atoms with Crippen LogP contribution in [0, 0.1) is 23.7 Å². The lowest BCUT2D eigenvalue weighted by molar-refractivity contribution is -0.125. The zero-order valence-corrected chi connectivity index (χ0v) is 15.9. The quantitative estimate of drug-likeness (QED) is 0.750. The molecule has 5 nitrogen and oxygen atoms in total. The first-order valence-electron chi connectivity index (χ1n) is 8.68. The number of hydrogen-bond acceptors (Lipinski definition) is 5. The van der Waals surface area contributed by atoms with Crippen molar-refractivity contribution >= 4 is 22.4 Å². The summed E-state index contributed by atoms with van der Waals surface area (Å²) in [5, 5.41) is 20.5. The van der Waals surface area contributed by atoms with E-state index in [1.807, 2.05) is 44.2 Å². The highest BCUT2D eigenvalue weighted by molar-refractivity contribution is 7.13. The van der Waals surface area contributed by atoms with Crippen molar-refractivity contribution in [1.29, 1.82) is 5.26 Å². The van der Waals surface area contributed by atoms with Crippen molar-refractivity contribution in [2.24, 2.45) is 5.41 Å². The number of nitriles is 1. The number of fused-ring (bicyclic) bond motifs is 1. The summed E-state index contributed by atoms with van der Waals surface area (Å²) in [6.07, 6.45) is 0.608. The Morgan fingerprint density at radius 3 is 2.89 bits per heavy atom. The molecule has 0 fully saturated rings. The van der Waals surface area contributed by atoms with Crippen LogP contribution in [0.2, 0.25) is 0 Å². The minimum atomic E-state index is -0.685. The number of anilines is 1. The molecule has 2 atom stereocenters. The Bertz CT molecular complexity index is 1050. The Morgan fingerprint density at radius 1 is 1.33 bits per heavy atom. The van der Waals surface area contributed by atoms with Crippen molar-refractivity contribution in [3.05, 3.63) is 75.8 Å². The lowest BCUT2D eigenvalue weighted by Crippen LogP contribution is -2.37. The molecular formula is C21H18N4OS. The molecule has 0 radical (unpaired) electrons. The molecule has 0 saturated heterocycles. The van der Waals surface area contributed by atoms with Crippen LogP contribution in [0.25, 0.3) is 0 Å². The van der Waals surface area contributed by atoms with Gasteiger partial charge in [-0.25, -0.2) is 0 Å². The van der Waals surface area contributed by atoms with Crippen molar-refractivity contribution in [3.8, 4) is 6.07 Å². The number of aryl methyl sites for hydroxylation is 1.